The van der Waals surface area contributed by atoms with Crippen molar-refractivity contribution in [3.05, 3.63) is 52.7 Å². The van der Waals surface area contributed by atoms with E-state index < -0.39 is 21.6 Å². The summed E-state index contributed by atoms with van der Waals surface area (Å²) in [5.74, 6) is -0.400. The van der Waals surface area contributed by atoms with Crippen LogP contribution < -0.4 is 4.72 Å². The van der Waals surface area contributed by atoms with Crippen molar-refractivity contribution in [1.29, 1.82) is 0 Å². The van der Waals surface area contributed by atoms with Crippen LogP contribution in [-0.4, -0.2) is 72.0 Å². The van der Waals surface area contributed by atoms with E-state index in [0.717, 1.165) is 16.8 Å². The lowest BCUT2D eigenvalue weighted by atomic mass is 9.86. The fourth-order valence-corrected chi connectivity index (χ4v) is 6.75. The van der Waals surface area contributed by atoms with E-state index in [0.29, 0.717) is 29.2 Å². The summed E-state index contributed by atoms with van der Waals surface area (Å²) in [7, 11) is -3.40. The van der Waals surface area contributed by atoms with Crippen molar-refractivity contribution in [3.63, 3.8) is 0 Å². The van der Waals surface area contributed by atoms with Crippen LogP contribution in [0.5, 0.6) is 0 Å². The molecule has 5 rings (SSSR count). The minimum absolute atomic E-state index is 0.0539. The smallest absolute Gasteiger partial charge is 0.290 e. The second-order valence-corrected chi connectivity index (χ2v) is 14.3. The minimum Gasteiger partial charge on any atom is -0.449 e. The monoisotopic (exact) mass is 572 g/mol. The number of hydrogen-bond donors (Lipinski definition) is 1. The van der Waals surface area contributed by atoms with Crippen molar-refractivity contribution < 1.29 is 22.4 Å². The number of fused-ring (bicyclic) bond motifs is 1. The molecule has 9 nitrogen and oxygen atoms in total. The molecule has 2 aromatic heterocycles. The standard InChI is InChI=1S/C28H33ClN4O5S/c1-27(2,3)19-14-21(17-6-8-18(29)9-7-17)30-22-15-23(38-24(19)22)26(35)33-12-11-32(16-28(33,4)5)25(34)20-10-13-39(36,37)31-20/h6-9,14-15,20,31H,10-13,16H2,1-5H3/t20-/m0/s1. The molecule has 4 heterocycles. The second-order valence-electron chi connectivity index (χ2n) is 11.9. The zero-order valence-electron chi connectivity index (χ0n) is 22.7. The van der Waals surface area contributed by atoms with Gasteiger partial charge in [-0.05, 0) is 43.9 Å². The molecule has 0 aliphatic carbocycles. The van der Waals surface area contributed by atoms with Gasteiger partial charge in [0.2, 0.25) is 15.9 Å². The molecule has 2 fully saturated rings. The molecule has 0 bridgehead atoms. The average molecular weight is 573 g/mol. The highest BCUT2D eigenvalue weighted by molar-refractivity contribution is 7.89. The van der Waals surface area contributed by atoms with Gasteiger partial charge in [0.05, 0.1) is 17.0 Å². The Bertz CT molecular complexity index is 1560. The first-order valence-corrected chi connectivity index (χ1v) is 15.0. The fraction of sp³-hybridized carbons (Fsp3) is 0.464. The highest BCUT2D eigenvalue weighted by Crippen LogP contribution is 2.36. The van der Waals surface area contributed by atoms with Crippen molar-refractivity contribution in [2.75, 3.05) is 25.4 Å². The first-order chi connectivity index (χ1) is 18.1. The average Bonchev–Trinajstić information content (AvgIpc) is 3.44. The highest BCUT2D eigenvalue weighted by atomic mass is 35.5. The summed E-state index contributed by atoms with van der Waals surface area (Å²) in [5, 5.41) is 0.640. The lowest BCUT2D eigenvalue weighted by Crippen LogP contribution is -2.63. The van der Waals surface area contributed by atoms with Crippen molar-refractivity contribution in [2.45, 2.75) is 58.0 Å². The normalized spacial score (nSPS) is 20.9. The number of furan rings is 1. The summed E-state index contributed by atoms with van der Waals surface area (Å²) in [6.07, 6.45) is 0.251. The largest absolute Gasteiger partial charge is 0.449 e. The number of pyridine rings is 1. The van der Waals surface area contributed by atoms with E-state index in [9.17, 15) is 18.0 Å². The third-order valence-corrected chi connectivity index (χ3v) is 9.06. The molecule has 1 atom stereocenters. The van der Waals surface area contributed by atoms with Gasteiger partial charge in [0, 0.05) is 41.9 Å². The first-order valence-electron chi connectivity index (χ1n) is 13.0. The van der Waals surface area contributed by atoms with Crippen molar-refractivity contribution >= 4 is 44.5 Å². The number of benzene rings is 1. The topological polar surface area (TPSA) is 113 Å². The Balaban J connectivity index is 1.43. The predicted molar refractivity (Wildman–Crippen MR) is 150 cm³/mol. The molecule has 2 aliphatic heterocycles. The molecule has 0 unspecified atom stereocenters. The third-order valence-electron chi connectivity index (χ3n) is 7.39. The van der Waals surface area contributed by atoms with Gasteiger partial charge in [-0.3, -0.25) is 9.59 Å². The molecule has 1 aromatic carbocycles. The van der Waals surface area contributed by atoms with Crippen LogP contribution in [0, 0.1) is 0 Å². The Labute approximate surface area is 233 Å². The Kier molecular flexibility index (Phi) is 6.80. The molecule has 39 heavy (non-hydrogen) atoms. The molecule has 0 spiro atoms. The van der Waals surface area contributed by atoms with E-state index in [-0.39, 0.29) is 41.7 Å². The van der Waals surface area contributed by atoms with Crippen LogP contribution in [0.2, 0.25) is 5.02 Å². The number of hydrogen-bond acceptors (Lipinski definition) is 6. The van der Waals surface area contributed by atoms with Crippen molar-refractivity contribution in [1.82, 2.24) is 19.5 Å². The van der Waals surface area contributed by atoms with Crippen LogP contribution in [0.3, 0.4) is 0 Å². The van der Waals surface area contributed by atoms with Gasteiger partial charge >= 0.3 is 0 Å². The van der Waals surface area contributed by atoms with E-state index in [1.807, 2.05) is 44.2 Å². The quantitative estimate of drug-likeness (QED) is 0.503. The zero-order valence-corrected chi connectivity index (χ0v) is 24.3. The van der Waals surface area contributed by atoms with E-state index >= 15 is 0 Å². The molecule has 0 saturated carbocycles. The number of nitrogens with zero attached hydrogens (tertiary/aromatic N) is 3. The lowest BCUT2D eigenvalue weighted by molar-refractivity contribution is -0.137. The number of rotatable bonds is 3. The molecule has 11 heteroatoms. The molecule has 3 aromatic rings. The van der Waals surface area contributed by atoms with E-state index in [1.165, 1.54) is 0 Å². The Morgan fingerprint density at radius 3 is 2.41 bits per heavy atom. The Morgan fingerprint density at radius 2 is 1.82 bits per heavy atom. The Hall–Kier alpha value is -2.95. The molecule has 2 aliphatic rings. The van der Waals surface area contributed by atoms with Crippen LogP contribution in [0.15, 0.2) is 40.8 Å². The number of amides is 2. The molecule has 2 amide bonds. The maximum absolute atomic E-state index is 13.8. The highest BCUT2D eigenvalue weighted by Gasteiger charge is 2.43. The van der Waals surface area contributed by atoms with E-state index in [4.69, 9.17) is 21.0 Å². The van der Waals surface area contributed by atoms with Crippen LogP contribution in [0.1, 0.15) is 57.2 Å². The van der Waals surface area contributed by atoms with Gasteiger partial charge in [0.25, 0.3) is 5.91 Å². The van der Waals surface area contributed by atoms with Gasteiger partial charge in [-0.15, -0.1) is 0 Å². The van der Waals surface area contributed by atoms with Crippen LogP contribution in [-0.2, 0) is 20.2 Å². The van der Waals surface area contributed by atoms with Crippen molar-refractivity contribution in [2.24, 2.45) is 0 Å². The van der Waals surface area contributed by atoms with Gasteiger partial charge in [-0.1, -0.05) is 44.5 Å². The lowest BCUT2D eigenvalue weighted by Gasteiger charge is -2.47. The summed E-state index contributed by atoms with van der Waals surface area (Å²) in [6.45, 7) is 10.9. The van der Waals surface area contributed by atoms with E-state index in [1.54, 1.807) is 15.9 Å². The van der Waals surface area contributed by atoms with Crippen LogP contribution >= 0.6 is 11.6 Å². The molecule has 0 radical (unpaired) electrons. The van der Waals surface area contributed by atoms with Crippen LogP contribution in [0.25, 0.3) is 22.4 Å². The van der Waals surface area contributed by atoms with Crippen molar-refractivity contribution in [3.8, 4) is 11.3 Å². The summed E-state index contributed by atoms with van der Waals surface area (Å²) in [6, 6.07) is 10.4. The third kappa shape index (κ3) is 5.42. The summed E-state index contributed by atoms with van der Waals surface area (Å²) < 4.78 is 32.2. The molecular weight excluding hydrogens is 540 g/mol. The van der Waals surface area contributed by atoms with Crippen LogP contribution in [0.4, 0.5) is 0 Å². The number of carbonyl (C=O) groups is 2. The minimum atomic E-state index is -3.40. The first kappa shape index (κ1) is 27.6. The number of nitrogens with one attached hydrogen (secondary N) is 1. The number of sulfonamides is 1. The second kappa shape index (κ2) is 9.60. The van der Waals surface area contributed by atoms with Gasteiger partial charge < -0.3 is 14.2 Å². The maximum Gasteiger partial charge on any atom is 0.290 e. The number of halogens is 1. The zero-order chi connectivity index (χ0) is 28.3. The summed E-state index contributed by atoms with van der Waals surface area (Å²) in [5.41, 5.74) is 2.81. The number of piperazine rings is 1. The number of carbonyl (C=O) groups excluding carboxylic acids is 2. The van der Waals surface area contributed by atoms with Gasteiger partial charge in [-0.25, -0.2) is 18.1 Å². The van der Waals surface area contributed by atoms with Gasteiger partial charge in [0.15, 0.2) is 11.3 Å². The molecular formula is C28H33ClN4O5S. The maximum atomic E-state index is 13.8. The van der Waals surface area contributed by atoms with E-state index in [2.05, 4.69) is 25.5 Å². The van der Waals surface area contributed by atoms with Gasteiger partial charge in [0.1, 0.15) is 11.6 Å². The fourth-order valence-electron chi connectivity index (χ4n) is 5.31. The molecule has 1 N–H and O–H groups in total. The molecule has 208 valence electrons. The Morgan fingerprint density at radius 1 is 1.13 bits per heavy atom. The SMILES string of the molecule is CC(C)(C)c1cc(-c2ccc(Cl)cc2)nc2cc(C(=O)N3CCN(C(=O)[C@@H]4CCS(=O)(=O)N4)CC3(C)C)oc12. The summed E-state index contributed by atoms with van der Waals surface area (Å²) >= 11 is 6.08. The predicted octanol–water partition coefficient (Wildman–Crippen LogP) is 4.20. The number of aromatic nitrogens is 1. The van der Waals surface area contributed by atoms with Gasteiger partial charge in [-0.2, -0.15) is 0 Å². The molecule has 2 saturated heterocycles. The summed E-state index contributed by atoms with van der Waals surface area (Å²) in [4.78, 5) is 34.9.